The Balaban J connectivity index is 1.47. The van der Waals surface area contributed by atoms with Crippen molar-refractivity contribution in [1.82, 2.24) is 34.5 Å². The van der Waals surface area contributed by atoms with Crippen molar-refractivity contribution in [3.63, 3.8) is 0 Å². The fourth-order valence-corrected chi connectivity index (χ4v) is 4.10. The van der Waals surface area contributed by atoms with Crippen LogP contribution in [0.4, 0.5) is 23.5 Å². The third-order valence-electron chi connectivity index (χ3n) is 5.71. The molecule has 34 heavy (non-hydrogen) atoms. The van der Waals surface area contributed by atoms with Crippen LogP contribution in [0.2, 0.25) is 0 Å². The fraction of sp³-hybridized carbons (Fsp3) is 0.429. The number of piperidine rings is 1. The number of aromatic nitrogens is 6. The topological polar surface area (TPSA) is 85.4 Å². The van der Waals surface area contributed by atoms with Crippen molar-refractivity contribution in [2.45, 2.75) is 31.4 Å². The third-order valence-corrected chi connectivity index (χ3v) is 5.71. The molecule has 9 nitrogen and oxygen atoms in total. The number of hydrogen-bond acceptors (Lipinski definition) is 7. The van der Waals surface area contributed by atoms with E-state index in [1.54, 1.807) is 30.5 Å². The molecule has 5 rings (SSSR count). The number of fused-ring (bicyclic) bond motifs is 2. The zero-order valence-electron chi connectivity index (χ0n) is 20.9. The Labute approximate surface area is 195 Å². The first-order valence-electron chi connectivity index (χ1n) is 11.9. The molecule has 4 aromatic rings. The molecule has 1 atom stereocenters. The first kappa shape index (κ1) is 18.9. The van der Waals surface area contributed by atoms with Crippen LogP contribution in [0.25, 0.3) is 27.7 Å². The third kappa shape index (κ3) is 4.00. The van der Waals surface area contributed by atoms with E-state index in [0.29, 0.717) is 27.7 Å². The average Bonchev–Trinajstić information content (AvgIpc) is 3.42. The summed E-state index contributed by atoms with van der Waals surface area (Å²) in [5.74, 6) is -3.36. The van der Waals surface area contributed by atoms with Crippen LogP contribution in [0.3, 0.4) is 0 Å². The standard InChI is InChI=1S/C21H22F4N8O/c1-31-7-6-16(21(24,25)11-31)26-20-27-19(34-2)18-13(5-8-32(18)29-20)12-3-4-14-15(9-12)33(30-28-14)10-17(22)23/h3-5,8-9,16-17H,6-7,10-11H2,1-2H3,(H,26,29)/t16-/m1/s1/i1D3. The van der Waals surface area contributed by atoms with Crippen LogP contribution in [0.5, 0.6) is 5.88 Å². The van der Waals surface area contributed by atoms with Crippen LogP contribution in [-0.4, -0.2) is 80.1 Å². The molecule has 180 valence electrons. The Bertz CT molecular complexity index is 1440. The second kappa shape index (κ2) is 8.38. The smallest absolute Gasteiger partial charge is 0.280 e. The lowest BCUT2D eigenvalue weighted by atomic mass is 10.0. The first-order valence-corrected chi connectivity index (χ1v) is 10.4. The van der Waals surface area contributed by atoms with Gasteiger partial charge in [0.1, 0.15) is 17.6 Å². The van der Waals surface area contributed by atoms with Gasteiger partial charge in [-0.1, -0.05) is 11.3 Å². The highest BCUT2D eigenvalue weighted by Crippen LogP contribution is 2.34. The minimum Gasteiger partial charge on any atom is -0.479 e. The molecule has 13 heteroatoms. The van der Waals surface area contributed by atoms with E-state index in [4.69, 9.17) is 8.85 Å². The molecular weight excluding hydrogens is 456 g/mol. The van der Waals surface area contributed by atoms with E-state index in [1.165, 1.54) is 11.6 Å². The molecule has 1 aromatic carbocycles. The maximum absolute atomic E-state index is 14.8. The molecule has 0 amide bonds. The van der Waals surface area contributed by atoms with Gasteiger partial charge in [-0.3, -0.25) is 0 Å². The highest BCUT2D eigenvalue weighted by atomic mass is 19.3. The summed E-state index contributed by atoms with van der Waals surface area (Å²) >= 11 is 0. The Morgan fingerprint density at radius 2 is 2.18 bits per heavy atom. The maximum Gasteiger partial charge on any atom is 0.280 e. The van der Waals surface area contributed by atoms with Crippen molar-refractivity contribution >= 4 is 22.5 Å². The Hall–Kier alpha value is -3.48. The largest absolute Gasteiger partial charge is 0.479 e. The predicted molar refractivity (Wildman–Crippen MR) is 117 cm³/mol. The monoisotopic (exact) mass is 481 g/mol. The number of nitrogens with zero attached hydrogens (tertiary/aromatic N) is 7. The predicted octanol–water partition coefficient (Wildman–Crippen LogP) is 3.17. The molecule has 1 aliphatic heterocycles. The van der Waals surface area contributed by atoms with Crippen LogP contribution < -0.4 is 10.1 Å². The number of hydrogen-bond donors (Lipinski definition) is 1. The molecule has 3 aromatic heterocycles. The molecular formula is C21H22F4N8O. The molecule has 1 saturated heterocycles. The number of benzene rings is 1. The van der Waals surface area contributed by atoms with Crippen molar-refractivity contribution in [2.24, 2.45) is 0 Å². The average molecular weight is 481 g/mol. The Morgan fingerprint density at radius 1 is 1.32 bits per heavy atom. The van der Waals surface area contributed by atoms with Gasteiger partial charge in [-0.05, 0) is 37.2 Å². The highest BCUT2D eigenvalue weighted by Gasteiger charge is 2.44. The summed E-state index contributed by atoms with van der Waals surface area (Å²) in [6, 6.07) is 5.39. The normalized spacial score (nSPS) is 20.4. The zero-order chi connectivity index (χ0) is 26.5. The van der Waals surface area contributed by atoms with Gasteiger partial charge in [-0.15, -0.1) is 10.2 Å². The molecule has 0 radical (unpaired) electrons. The van der Waals surface area contributed by atoms with Gasteiger partial charge in [-0.2, -0.15) is 4.98 Å². The number of likely N-dealkylation sites (tertiary alicyclic amines) is 1. The molecule has 1 fully saturated rings. The Morgan fingerprint density at radius 3 is 2.91 bits per heavy atom. The van der Waals surface area contributed by atoms with Crippen LogP contribution in [-0.2, 0) is 6.54 Å². The number of anilines is 1. The SMILES string of the molecule is [2H]C([2H])([2H])N1CC[C@@H](Nc2nc(OC)c3c(-c4ccc5nnn(CC(F)F)c5c4)ccn3n2)C(F)(F)C1. The van der Waals surface area contributed by atoms with E-state index in [-0.39, 0.29) is 24.8 Å². The van der Waals surface area contributed by atoms with Gasteiger partial charge in [0.15, 0.2) is 0 Å². The minimum atomic E-state index is -3.34. The fourth-order valence-electron chi connectivity index (χ4n) is 4.10. The molecule has 0 bridgehead atoms. The van der Waals surface area contributed by atoms with Gasteiger partial charge < -0.3 is 15.0 Å². The van der Waals surface area contributed by atoms with E-state index < -0.39 is 38.5 Å². The van der Waals surface area contributed by atoms with E-state index in [0.717, 1.165) is 9.58 Å². The maximum atomic E-state index is 14.8. The van der Waals surface area contributed by atoms with Crippen LogP contribution in [0.1, 0.15) is 10.5 Å². The van der Waals surface area contributed by atoms with E-state index in [2.05, 4.69) is 25.7 Å². The number of halogens is 4. The quantitative estimate of drug-likeness (QED) is 0.424. The van der Waals surface area contributed by atoms with Crippen molar-refractivity contribution in [2.75, 3.05) is 32.5 Å². The van der Waals surface area contributed by atoms with E-state index >= 15 is 0 Å². The van der Waals surface area contributed by atoms with Crippen molar-refractivity contribution < 1.29 is 26.4 Å². The molecule has 0 aliphatic carbocycles. The van der Waals surface area contributed by atoms with Gasteiger partial charge in [0.2, 0.25) is 11.8 Å². The Kier molecular flexibility index (Phi) is 4.66. The van der Waals surface area contributed by atoms with Gasteiger partial charge in [0.25, 0.3) is 12.3 Å². The van der Waals surface area contributed by atoms with Crippen LogP contribution in [0, 0.1) is 0 Å². The number of ether oxygens (including phenoxy) is 1. The first-order chi connectivity index (χ1) is 17.5. The second-order valence-electron chi connectivity index (χ2n) is 8.00. The zero-order valence-corrected chi connectivity index (χ0v) is 17.9. The molecule has 1 aliphatic rings. The van der Waals surface area contributed by atoms with Gasteiger partial charge >= 0.3 is 0 Å². The molecule has 0 unspecified atom stereocenters. The van der Waals surface area contributed by atoms with E-state index in [1.807, 2.05) is 0 Å². The van der Waals surface area contributed by atoms with Gasteiger partial charge in [0.05, 0.1) is 25.2 Å². The number of rotatable bonds is 6. The highest BCUT2D eigenvalue weighted by molar-refractivity contribution is 5.89. The van der Waals surface area contributed by atoms with Crippen molar-refractivity contribution in [1.29, 1.82) is 0 Å². The summed E-state index contributed by atoms with van der Waals surface area (Å²) in [5.41, 5.74) is 2.56. The van der Waals surface area contributed by atoms with Crippen molar-refractivity contribution in [3.8, 4) is 17.0 Å². The van der Waals surface area contributed by atoms with Crippen molar-refractivity contribution in [3.05, 3.63) is 30.5 Å². The summed E-state index contributed by atoms with van der Waals surface area (Å²) in [6.07, 6.45) is -1.14. The summed E-state index contributed by atoms with van der Waals surface area (Å²) in [7, 11) is 1.37. The summed E-state index contributed by atoms with van der Waals surface area (Å²) in [6.45, 7) is -4.18. The van der Waals surface area contributed by atoms with E-state index in [9.17, 15) is 17.6 Å². The van der Waals surface area contributed by atoms with Crippen LogP contribution in [0.15, 0.2) is 30.5 Å². The van der Waals surface area contributed by atoms with Crippen LogP contribution >= 0.6 is 0 Å². The molecule has 0 spiro atoms. The van der Waals surface area contributed by atoms with Gasteiger partial charge in [-0.25, -0.2) is 26.8 Å². The number of nitrogens with one attached hydrogen (secondary N) is 1. The molecule has 1 N–H and O–H groups in total. The molecule has 0 saturated carbocycles. The second-order valence-corrected chi connectivity index (χ2v) is 8.00. The summed E-state index contributed by atoms with van der Waals surface area (Å²) in [4.78, 5) is 5.03. The summed E-state index contributed by atoms with van der Waals surface area (Å²) < 4.78 is 85.6. The van der Waals surface area contributed by atoms with Gasteiger partial charge in [0, 0.05) is 22.4 Å². The lowest BCUT2D eigenvalue weighted by molar-refractivity contribution is -0.0675. The lowest BCUT2D eigenvalue weighted by Crippen LogP contribution is -2.53. The molecule has 4 heterocycles. The number of alkyl halides is 4. The number of methoxy groups -OCH3 is 1. The lowest BCUT2D eigenvalue weighted by Gasteiger charge is -2.36. The summed E-state index contributed by atoms with van der Waals surface area (Å²) in [5, 5.41) is 14.6. The minimum absolute atomic E-state index is 0.0454.